The molecule has 1 heterocycles. The standard InChI is InChI=1S/C24H21FN2O4/c1-27(22(23(28)29)11-15-10-16(25)13-26-12-15)24(30)31-14-21-19-8-4-2-6-17(19)18-7-3-5-9-20(18)21/h2-10,12-13,21-22H,11,14H2,1H3,(H,28,29)/t22-/m0/s1. The van der Waals surface area contributed by atoms with E-state index >= 15 is 0 Å². The molecule has 1 N–H and O–H groups in total. The summed E-state index contributed by atoms with van der Waals surface area (Å²) in [6.45, 7) is 0.0884. The van der Waals surface area contributed by atoms with Crippen molar-refractivity contribution in [3.63, 3.8) is 0 Å². The third kappa shape index (κ3) is 4.12. The average Bonchev–Trinajstić information content (AvgIpc) is 3.09. The number of hydrogen-bond donors (Lipinski definition) is 1. The van der Waals surface area contributed by atoms with Crippen molar-refractivity contribution < 1.29 is 23.8 Å². The fourth-order valence-electron chi connectivity index (χ4n) is 4.00. The average molecular weight is 420 g/mol. The summed E-state index contributed by atoms with van der Waals surface area (Å²) in [5, 5.41) is 9.60. The Morgan fingerprint density at radius 3 is 2.29 bits per heavy atom. The minimum Gasteiger partial charge on any atom is -0.480 e. The maximum atomic E-state index is 13.4. The van der Waals surface area contributed by atoms with E-state index in [-0.39, 0.29) is 18.9 Å². The molecule has 0 spiro atoms. The largest absolute Gasteiger partial charge is 0.480 e. The summed E-state index contributed by atoms with van der Waals surface area (Å²) in [5.74, 6) is -1.90. The maximum absolute atomic E-state index is 13.4. The highest BCUT2D eigenvalue weighted by molar-refractivity contribution is 5.81. The van der Waals surface area contributed by atoms with E-state index in [9.17, 15) is 19.1 Å². The van der Waals surface area contributed by atoms with Gasteiger partial charge in [0, 0.05) is 25.6 Å². The van der Waals surface area contributed by atoms with Gasteiger partial charge >= 0.3 is 12.1 Å². The van der Waals surface area contributed by atoms with Crippen molar-refractivity contribution in [1.29, 1.82) is 0 Å². The van der Waals surface area contributed by atoms with Crippen LogP contribution in [-0.4, -0.2) is 46.7 Å². The summed E-state index contributed by atoms with van der Waals surface area (Å²) in [6.07, 6.45) is 1.58. The van der Waals surface area contributed by atoms with Crippen LogP contribution >= 0.6 is 0 Å². The third-order valence-electron chi connectivity index (χ3n) is 5.57. The predicted octanol–water partition coefficient (Wildman–Crippen LogP) is 4.10. The van der Waals surface area contributed by atoms with Gasteiger partial charge in [-0.15, -0.1) is 0 Å². The lowest BCUT2D eigenvalue weighted by molar-refractivity contribution is -0.142. The van der Waals surface area contributed by atoms with Crippen LogP contribution < -0.4 is 0 Å². The van der Waals surface area contributed by atoms with Crippen molar-refractivity contribution in [1.82, 2.24) is 9.88 Å². The zero-order valence-corrected chi connectivity index (χ0v) is 16.9. The Balaban J connectivity index is 1.48. The Bertz CT molecular complexity index is 1090. The van der Waals surface area contributed by atoms with Crippen LogP contribution in [0.4, 0.5) is 9.18 Å². The van der Waals surface area contributed by atoms with Gasteiger partial charge in [0.05, 0.1) is 6.20 Å². The molecule has 1 aliphatic carbocycles. The van der Waals surface area contributed by atoms with E-state index in [0.717, 1.165) is 33.4 Å². The van der Waals surface area contributed by atoms with Crippen LogP contribution in [-0.2, 0) is 16.0 Å². The molecule has 158 valence electrons. The second kappa shape index (κ2) is 8.55. The molecule has 6 nitrogen and oxygen atoms in total. The molecule has 3 aromatic rings. The van der Waals surface area contributed by atoms with Crippen LogP contribution in [0.15, 0.2) is 67.0 Å². The Kier molecular flexibility index (Phi) is 5.66. The molecule has 0 aliphatic heterocycles. The Morgan fingerprint density at radius 2 is 1.71 bits per heavy atom. The minimum atomic E-state index is -1.21. The van der Waals surface area contributed by atoms with Crippen molar-refractivity contribution in [2.24, 2.45) is 0 Å². The number of carboxylic acids is 1. The number of nitrogens with zero attached hydrogens (tertiary/aromatic N) is 2. The van der Waals surface area contributed by atoms with Gasteiger partial charge in [-0.2, -0.15) is 0 Å². The SMILES string of the molecule is CN(C(=O)OCC1c2ccccc2-c2ccccc21)[C@@H](Cc1cncc(F)c1)C(=O)O. The number of carboxylic acid groups (broad SMARTS) is 1. The molecule has 1 amide bonds. The van der Waals surface area contributed by atoms with Gasteiger partial charge in [-0.05, 0) is 33.9 Å². The molecular weight excluding hydrogens is 399 g/mol. The van der Waals surface area contributed by atoms with E-state index in [1.165, 1.54) is 19.3 Å². The first-order valence-corrected chi connectivity index (χ1v) is 9.85. The van der Waals surface area contributed by atoms with Crippen LogP contribution in [0.5, 0.6) is 0 Å². The summed E-state index contributed by atoms with van der Waals surface area (Å²) in [6, 6.07) is 15.9. The first-order valence-electron chi connectivity index (χ1n) is 9.85. The highest BCUT2D eigenvalue weighted by Gasteiger charge is 2.32. The lowest BCUT2D eigenvalue weighted by Crippen LogP contribution is -2.44. The van der Waals surface area contributed by atoms with Gasteiger partial charge in [0.2, 0.25) is 0 Å². The summed E-state index contributed by atoms with van der Waals surface area (Å²) in [5.41, 5.74) is 4.73. The predicted molar refractivity (Wildman–Crippen MR) is 112 cm³/mol. The van der Waals surface area contributed by atoms with E-state index in [1.54, 1.807) is 0 Å². The molecule has 0 saturated carbocycles. The fourth-order valence-corrected chi connectivity index (χ4v) is 4.00. The Morgan fingerprint density at radius 1 is 1.10 bits per heavy atom. The van der Waals surface area contributed by atoms with Crippen LogP contribution in [0.2, 0.25) is 0 Å². The van der Waals surface area contributed by atoms with E-state index in [2.05, 4.69) is 4.98 Å². The molecule has 1 aliphatic rings. The molecule has 0 fully saturated rings. The summed E-state index contributed by atoms with van der Waals surface area (Å²) in [7, 11) is 1.37. The molecule has 7 heteroatoms. The van der Waals surface area contributed by atoms with Crippen LogP contribution in [0, 0.1) is 5.82 Å². The molecule has 0 unspecified atom stereocenters. The maximum Gasteiger partial charge on any atom is 0.410 e. The second-order valence-corrected chi connectivity index (χ2v) is 7.48. The van der Waals surface area contributed by atoms with Gasteiger partial charge in [-0.3, -0.25) is 9.88 Å². The quantitative estimate of drug-likeness (QED) is 0.650. The monoisotopic (exact) mass is 420 g/mol. The molecule has 31 heavy (non-hydrogen) atoms. The highest BCUT2D eigenvalue weighted by atomic mass is 19.1. The number of halogens is 1. The van der Waals surface area contributed by atoms with E-state index in [4.69, 9.17) is 4.74 Å². The van der Waals surface area contributed by atoms with Gasteiger partial charge in [0.25, 0.3) is 0 Å². The molecule has 1 aromatic heterocycles. The number of ether oxygens (including phenoxy) is 1. The molecule has 0 radical (unpaired) electrons. The van der Waals surface area contributed by atoms with E-state index in [1.807, 2.05) is 48.5 Å². The fraction of sp³-hybridized carbons (Fsp3) is 0.208. The normalized spacial score (nSPS) is 13.2. The van der Waals surface area contributed by atoms with Gasteiger partial charge in [0.1, 0.15) is 18.5 Å². The zero-order chi connectivity index (χ0) is 22.0. The van der Waals surface area contributed by atoms with Crippen molar-refractivity contribution in [2.45, 2.75) is 18.4 Å². The van der Waals surface area contributed by atoms with Gasteiger partial charge in [0.15, 0.2) is 0 Å². The summed E-state index contributed by atoms with van der Waals surface area (Å²) < 4.78 is 18.9. The van der Waals surface area contributed by atoms with Crippen molar-refractivity contribution in [3.05, 3.63) is 89.5 Å². The number of rotatable bonds is 6. The minimum absolute atomic E-state index is 0.0826. The number of benzene rings is 2. The van der Waals surface area contributed by atoms with Crippen LogP contribution in [0.3, 0.4) is 0 Å². The Hall–Kier alpha value is -3.74. The number of amides is 1. The molecule has 2 aromatic carbocycles. The van der Waals surface area contributed by atoms with Crippen molar-refractivity contribution in [3.8, 4) is 11.1 Å². The number of aromatic nitrogens is 1. The smallest absolute Gasteiger partial charge is 0.410 e. The van der Waals surface area contributed by atoms with Gasteiger partial charge in [-0.1, -0.05) is 48.5 Å². The highest BCUT2D eigenvalue weighted by Crippen LogP contribution is 2.44. The van der Waals surface area contributed by atoms with E-state index in [0.29, 0.717) is 5.56 Å². The van der Waals surface area contributed by atoms with Crippen molar-refractivity contribution >= 4 is 12.1 Å². The molecule has 4 rings (SSSR count). The van der Waals surface area contributed by atoms with Crippen molar-refractivity contribution in [2.75, 3.05) is 13.7 Å². The molecule has 0 saturated heterocycles. The zero-order valence-electron chi connectivity index (χ0n) is 16.9. The first-order chi connectivity index (χ1) is 15.0. The number of pyridine rings is 1. The number of likely N-dealkylation sites (N-methyl/N-ethyl adjacent to an activating group) is 1. The van der Waals surface area contributed by atoms with Gasteiger partial charge < -0.3 is 9.84 Å². The topological polar surface area (TPSA) is 79.7 Å². The Labute approximate surface area is 178 Å². The third-order valence-corrected chi connectivity index (χ3v) is 5.57. The first kappa shape index (κ1) is 20.5. The number of carbonyl (C=O) groups is 2. The van der Waals surface area contributed by atoms with E-state index < -0.39 is 23.9 Å². The van der Waals surface area contributed by atoms with Crippen LogP contribution in [0.1, 0.15) is 22.6 Å². The molecule has 1 atom stereocenters. The number of carbonyl (C=O) groups excluding carboxylic acids is 1. The lowest BCUT2D eigenvalue weighted by Gasteiger charge is -2.25. The lowest BCUT2D eigenvalue weighted by atomic mass is 9.98. The molecule has 0 bridgehead atoms. The number of fused-ring (bicyclic) bond motifs is 3. The molecular formula is C24H21FN2O4. The summed E-state index contributed by atoms with van der Waals surface area (Å²) >= 11 is 0. The van der Waals surface area contributed by atoms with Gasteiger partial charge in [-0.25, -0.2) is 14.0 Å². The summed E-state index contributed by atoms with van der Waals surface area (Å²) in [4.78, 5) is 29.2. The number of hydrogen-bond acceptors (Lipinski definition) is 4. The second-order valence-electron chi connectivity index (χ2n) is 7.48. The van der Waals surface area contributed by atoms with Crippen LogP contribution in [0.25, 0.3) is 11.1 Å². The number of aliphatic carboxylic acids is 1.